The highest BCUT2D eigenvalue weighted by Gasteiger charge is 2.41. The van der Waals surface area contributed by atoms with Crippen molar-refractivity contribution >= 4 is 5.91 Å². The minimum Gasteiger partial charge on any atom is -0.376 e. The highest BCUT2D eigenvalue weighted by molar-refractivity contribution is 5.78. The van der Waals surface area contributed by atoms with Crippen molar-refractivity contribution in [1.82, 2.24) is 10.6 Å². The van der Waals surface area contributed by atoms with Gasteiger partial charge in [-0.1, -0.05) is 6.92 Å². The molecule has 2 N–H and O–H groups in total. The molecular weight excluding hydrogens is 204 g/mol. The van der Waals surface area contributed by atoms with Crippen LogP contribution in [0.2, 0.25) is 0 Å². The summed E-state index contributed by atoms with van der Waals surface area (Å²) in [5, 5.41) is 6.20. The molecule has 2 rings (SSSR count). The highest BCUT2D eigenvalue weighted by atomic mass is 16.5. The SMILES string of the molecule is CCCNCC(=O)NC1CCOC1C1CC1. The Morgan fingerprint density at radius 1 is 1.38 bits per heavy atom. The predicted octanol–water partition coefficient (Wildman–Crippen LogP) is 0.670. The number of nitrogens with one attached hydrogen (secondary N) is 2. The zero-order valence-electron chi connectivity index (χ0n) is 10.00. The van der Waals surface area contributed by atoms with Crippen LogP contribution >= 0.6 is 0 Å². The molecule has 2 fully saturated rings. The number of ether oxygens (including phenoxy) is 1. The van der Waals surface area contributed by atoms with Gasteiger partial charge in [0.2, 0.25) is 5.91 Å². The Kier molecular flexibility index (Phi) is 4.18. The molecule has 1 aliphatic heterocycles. The van der Waals surface area contributed by atoms with Crippen LogP contribution in [0.5, 0.6) is 0 Å². The highest BCUT2D eigenvalue weighted by Crippen LogP contribution is 2.38. The van der Waals surface area contributed by atoms with E-state index < -0.39 is 0 Å². The smallest absolute Gasteiger partial charge is 0.234 e. The largest absolute Gasteiger partial charge is 0.376 e. The molecule has 4 nitrogen and oxygen atoms in total. The number of carbonyl (C=O) groups excluding carboxylic acids is 1. The quantitative estimate of drug-likeness (QED) is 0.655. The van der Waals surface area contributed by atoms with Crippen LogP contribution in [0.25, 0.3) is 0 Å². The first-order valence-corrected chi connectivity index (χ1v) is 6.43. The first-order chi connectivity index (χ1) is 7.81. The van der Waals surface area contributed by atoms with Crippen LogP contribution in [0.3, 0.4) is 0 Å². The van der Waals surface area contributed by atoms with Gasteiger partial charge in [-0.3, -0.25) is 4.79 Å². The lowest BCUT2D eigenvalue weighted by molar-refractivity contribution is -0.121. The summed E-state index contributed by atoms with van der Waals surface area (Å²) in [6.07, 6.45) is 4.86. The maximum atomic E-state index is 11.6. The van der Waals surface area contributed by atoms with Gasteiger partial charge in [-0.15, -0.1) is 0 Å². The maximum Gasteiger partial charge on any atom is 0.234 e. The van der Waals surface area contributed by atoms with Crippen molar-refractivity contribution in [2.75, 3.05) is 19.7 Å². The molecule has 1 saturated carbocycles. The lowest BCUT2D eigenvalue weighted by atomic mass is 10.1. The minimum absolute atomic E-state index is 0.106. The molecule has 0 aromatic heterocycles. The third kappa shape index (κ3) is 3.19. The van der Waals surface area contributed by atoms with Crippen molar-refractivity contribution < 1.29 is 9.53 Å². The molecule has 0 radical (unpaired) electrons. The number of amides is 1. The first kappa shape index (κ1) is 11.9. The zero-order valence-corrected chi connectivity index (χ0v) is 10.00. The standard InChI is InChI=1S/C12H22N2O2/c1-2-6-13-8-11(15)14-10-5-7-16-12(10)9-3-4-9/h9-10,12-13H,2-8H2,1H3,(H,14,15). The van der Waals surface area contributed by atoms with Crippen LogP contribution in [0.1, 0.15) is 32.6 Å². The Labute approximate surface area is 97.1 Å². The fourth-order valence-corrected chi connectivity index (χ4v) is 2.29. The number of hydrogen-bond donors (Lipinski definition) is 2. The molecule has 92 valence electrons. The van der Waals surface area contributed by atoms with E-state index in [1.807, 2.05) is 0 Å². The zero-order chi connectivity index (χ0) is 11.4. The molecule has 1 amide bonds. The summed E-state index contributed by atoms with van der Waals surface area (Å²) < 4.78 is 5.68. The van der Waals surface area contributed by atoms with Gasteiger partial charge in [-0.2, -0.15) is 0 Å². The van der Waals surface area contributed by atoms with Crippen molar-refractivity contribution in [2.45, 2.75) is 44.8 Å². The van der Waals surface area contributed by atoms with E-state index in [0.717, 1.165) is 26.0 Å². The van der Waals surface area contributed by atoms with Crippen LogP contribution in [-0.4, -0.2) is 37.7 Å². The van der Waals surface area contributed by atoms with E-state index >= 15 is 0 Å². The van der Waals surface area contributed by atoms with Gasteiger partial charge in [-0.25, -0.2) is 0 Å². The van der Waals surface area contributed by atoms with E-state index in [0.29, 0.717) is 12.5 Å². The predicted molar refractivity (Wildman–Crippen MR) is 62.2 cm³/mol. The normalized spacial score (nSPS) is 29.3. The van der Waals surface area contributed by atoms with Gasteiger partial charge in [0, 0.05) is 6.61 Å². The molecule has 0 aromatic rings. The number of hydrogen-bond acceptors (Lipinski definition) is 3. The maximum absolute atomic E-state index is 11.6. The summed E-state index contributed by atoms with van der Waals surface area (Å²) in [5.74, 6) is 0.811. The second kappa shape index (κ2) is 5.64. The van der Waals surface area contributed by atoms with Gasteiger partial charge in [0.25, 0.3) is 0 Å². The molecule has 1 saturated heterocycles. The van der Waals surface area contributed by atoms with E-state index in [1.165, 1.54) is 12.8 Å². The van der Waals surface area contributed by atoms with Crippen molar-refractivity contribution in [3.8, 4) is 0 Å². The summed E-state index contributed by atoms with van der Waals surface area (Å²) in [7, 11) is 0. The fraction of sp³-hybridized carbons (Fsp3) is 0.917. The molecule has 0 spiro atoms. The molecule has 2 atom stereocenters. The average molecular weight is 226 g/mol. The Balaban J connectivity index is 1.69. The molecule has 4 heteroatoms. The second-order valence-electron chi connectivity index (χ2n) is 4.81. The number of rotatable bonds is 6. The summed E-state index contributed by atoms with van der Waals surface area (Å²) in [6, 6.07) is 0.253. The monoisotopic (exact) mass is 226 g/mol. The molecule has 2 unspecified atom stereocenters. The molecule has 0 bridgehead atoms. The van der Waals surface area contributed by atoms with Crippen LogP contribution in [-0.2, 0) is 9.53 Å². The van der Waals surface area contributed by atoms with E-state index in [1.54, 1.807) is 0 Å². The van der Waals surface area contributed by atoms with Crippen LogP contribution in [0, 0.1) is 5.92 Å². The van der Waals surface area contributed by atoms with Crippen molar-refractivity contribution in [1.29, 1.82) is 0 Å². The molecule has 1 aliphatic carbocycles. The number of carbonyl (C=O) groups is 1. The van der Waals surface area contributed by atoms with Gasteiger partial charge in [0.05, 0.1) is 18.7 Å². The van der Waals surface area contributed by atoms with Crippen molar-refractivity contribution in [2.24, 2.45) is 5.92 Å². The van der Waals surface area contributed by atoms with Gasteiger partial charge in [0.15, 0.2) is 0 Å². The average Bonchev–Trinajstić information content (AvgIpc) is 3.01. The Hall–Kier alpha value is -0.610. The Bertz CT molecular complexity index is 241. The minimum atomic E-state index is 0.106. The third-order valence-corrected chi connectivity index (χ3v) is 3.28. The van der Waals surface area contributed by atoms with E-state index in [-0.39, 0.29) is 18.1 Å². The van der Waals surface area contributed by atoms with Gasteiger partial charge < -0.3 is 15.4 Å². The van der Waals surface area contributed by atoms with E-state index in [9.17, 15) is 4.79 Å². The summed E-state index contributed by atoms with van der Waals surface area (Å²) in [4.78, 5) is 11.6. The van der Waals surface area contributed by atoms with Crippen molar-refractivity contribution in [3.63, 3.8) is 0 Å². The van der Waals surface area contributed by atoms with Crippen LogP contribution < -0.4 is 10.6 Å². The Morgan fingerprint density at radius 3 is 2.88 bits per heavy atom. The Morgan fingerprint density at radius 2 is 2.19 bits per heavy atom. The first-order valence-electron chi connectivity index (χ1n) is 6.43. The van der Waals surface area contributed by atoms with Gasteiger partial charge in [0.1, 0.15) is 0 Å². The third-order valence-electron chi connectivity index (χ3n) is 3.28. The summed E-state index contributed by atoms with van der Waals surface area (Å²) >= 11 is 0. The second-order valence-corrected chi connectivity index (χ2v) is 4.81. The topological polar surface area (TPSA) is 50.4 Å². The lowest BCUT2D eigenvalue weighted by Crippen LogP contribution is -2.45. The van der Waals surface area contributed by atoms with Crippen LogP contribution in [0.4, 0.5) is 0 Å². The molecule has 0 aromatic carbocycles. The summed E-state index contributed by atoms with van der Waals surface area (Å²) in [6.45, 7) is 4.23. The summed E-state index contributed by atoms with van der Waals surface area (Å²) in [5.41, 5.74) is 0. The molecule has 1 heterocycles. The molecular formula is C12H22N2O2. The van der Waals surface area contributed by atoms with Crippen LogP contribution in [0.15, 0.2) is 0 Å². The molecule has 2 aliphatic rings. The van der Waals surface area contributed by atoms with Gasteiger partial charge >= 0.3 is 0 Å². The lowest BCUT2D eigenvalue weighted by Gasteiger charge is -2.19. The fourth-order valence-electron chi connectivity index (χ4n) is 2.29. The van der Waals surface area contributed by atoms with E-state index in [4.69, 9.17) is 4.74 Å². The van der Waals surface area contributed by atoms with Gasteiger partial charge in [-0.05, 0) is 38.1 Å². The van der Waals surface area contributed by atoms with E-state index in [2.05, 4.69) is 17.6 Å². The van der Waals surface area contributed by atoms with Crippen molar-refractivity contribution in [3.05, 3.63) is 0 Å². The molecule has 16 heavy (non-hydrogen) atoms.